The fourth-order valence-corrected chi connectivity index (χ4v) is 2.80. The number of hydrogen-bond donors (Lipinski definition) is 2. The lowest BCUT2D eigenvalue weighted by atomic mass is 10.0. The molecule has 0 spiro atoms. The number of halogens is 1. The standard InChI is InChI=1S/C14H22ClN5OS/c1-10-4-3-6-20(9-10)12-8-11(15)17-13(18-12)19-14(22)16-5-7-21-2/h8,10H,3-7,9H2,1-2H3,(H2,16,17,18,19,22)/t10-/m1/s1. The van der Waals surface area contributed by atoms with Crippen molar-refractivity contribution in [3.05, 3.63) is 11.2 Å². The largest absolute Gasteiger partial charge is 0.383 e. The monoisotopic (exact) mass is 343 g/mol. The van der Waals surface area contributed by atoms with Crippen LogP contribution in [0.25, 0.3) is 0 Å². The topological polar surface area (TPSA) is 62.3 Å². The maximum Gasteiger partial charge on any atom is 0.232 e. The summed E-state index contributed by atoms with van der Waals surface area (Å²) in [5, 5.41) is 6.84. The Labute approximate surface area is 141 Å². The van der Waals surface area contributed by atoms with Gasteiger partial charge in [0.05, 0.1) is 6.61 Å². The van der Waals surface area contributed by atoms with E-state index in [1.54, 1.807) is 13.2 Å². The van der Waals surface area contributed by atoms with Crippen molar-refractivity contribution in [1.29, 1.82) is 0 Å². The molecule has 1 saturated heterocycles. The Bertz CT molecular complexity index is 516. The molecule has 2 N–H and O–H groups in total. The van der Waals surface area contributed by atoms with Crippen molar-refractivity contribution >= 4 is 40.7 Å². The first kappa shape index (κ1) is 17.2. The first-order valence-corrected chi connectivity index (χ1v) is 8.20. The van der Waals surface area contributed by atoms with Crippen LogP contribution in [-0.2, 0) is 4.74 Å². The molecule has 1 aliphatic rings. The van der Waals surface area contributed by atoms with Gasteiger partial charge in [-0.05, 0) is 31.0 Å². The summed E-state index contributed by atoms with van der Waals surface area (Å²) in [6.45, 7) is 5.44. The third kappa shape index (κ3) is 5.23. The minimum absolute atomic E-state index is 0.408. The molecule has 0 unspecified atom stereocenters. The molecule has 0 aliphatic carbocycles. The second kappa shape index (κ2) is 8.45. The highest BCUT2D eigenvalue weighted by Crippen LogP contribution is 2.24. The van der Waals surface area contributed by atoms with Crippen molar-refractivity contribution in [2.75, 3.05) is 43.6 Å². The van der Waals surface area contributed by atoms with E-state index in [0.717, 1.165) is 18.9 Å². The van der Waals surface area contributed by atoms with Gasteiger partial charge in [0.2, 0.25) is 5.95 Å². The van der Waals surface area contributed by atoms with Gasteiger partial charge < -0.3 is 20.3 Å². The van der Waals surface area contributed by atoms with Crippen LogP contribution >= 0.6 is 23.8 Å². The summed E-state index contributed by atoms with van der Waals surface area (Å²) < 4.78 is 4.96. The lowest BCUT2D eigenvalue weighted by Gasteiger charge is -2.32. The minimum atomic E-state index is 0.408. The molecule has 1 aliphatic heterocycles. The summed E-state index contributed by atoms with van der Waals surface area (Å²) in [7, 11) is 1.64. The van der Waals surface area contributed by atoms with E-state index in [1.807, 2.05) is 0 Å². The Morgan fingerprint density at radius 1 is 1.55 bits per heavy atom. The van der Waals surface area contributed by atoms with Crippen molar-refractivity contribution in [3.8, 4) is 0 Å². The normalized spacial score (nSPS) is 18.1. The van der Waals surface area contributed by atoms with Gasteiger partial charge in [-0.15, -0.1) is 0 Å². The fraction of sp³-hybridized carbons (Fsp3) is 0.643. The summed E-state index contributed by atoms with van der Waals surface area (Å²) in [5.74, 6) is 1.92. The first-order chi connectivity index (χ1) is 10.6. The summed E-state index contributed by atoms with van der Waals surface area (Å²) >= 11 is 11.3. The summed E-state index contributed by atoms with van der Waals surface area (Å²) in [6.07, 6.45) is 2.43. The van der Waals surface area contributed by atoms with Crippen LogP contribution in [0.4, 0.5) is 11.8 Å². The van der Waals surface area contributed by atoms with E-state index >= 15 is 0 Å². The van der Waals surface area contributed by atoms with Gasteiger partial charge in [-0.25, -0.2) is 4.98 Å². The van der Waals surface area contributed by atoms with Gasteiger partial charge in [0.1, 0.15) is 11.0 Å². The molecule has 0 aromatic carbocycles. The molecule has 22 heavy (non-hydrogen) atoms. The average molecular weight is 344 g/mol. The predicted octanol–water partition coefficient (Wildman–Crippen LogP) is 2.30. The number of thiocarbonyl (C=S) groups is 1. The second-order valence-electron chi connectivity index (χ2n) is 5.44. The lowest BCUT2D eigenvalue weighted by molar-refractivity contribution is 0.204. The summed E-state index contributed by atoms with van der Waals surface area (Å²) in [6, 6.07) is 1.80. The molecular formula is C14H22ClN5OS. The van der Waals surface area contributed by atoms with Gasteiger partial charge in [0.15, 0.2) is 5.11 Å². The summed E-state index contributed by atoms with van der Waals surface area (Å²) in [5.41, 5.74) is 0. The Morgan fingerprint density at radius 2 is 2.36 bits per heavy atom. The van der Waals surface area contributed by atoms with E-state index in [-0.39, 0.29) is 0 Å². The van der Waals surface area contributed by atoms with Gasteiger partial charge in [-0.3, -0.25) is 0 Å². The van der Waals surface area contributed by atoms with Crippen molar-refractivity contribution in [2.45, 2.75) is 19.8 Å². The molecule has 0 saturated carbocycles. The molecule has 0 bridgehead atoms. The molecule has 1 fully saturated rings. The number of hydrogen-bond acceptors (Lipinski definition) is 5. The van der Waals surface area contributed by atoms with Crippen molar-refractivity contribution < 1.29 is 4.74 Å². The number of rotatable bonds is 5. The van der Waals surface area contributed by atoms with E-state index < -0.39 is 0 Å². The molecule has 1 aromatic heterocycles. The van der Waals surface area contributed by atoms with Crippen molar-refractivity contribution in [2.24, 2.45) is 5.92 Å². The Balaban J connectivity index is 2.01. The van der Waals surface area contributed by atoms with Crippen LogP contribution in [0.5, 0.6) is 0 Å². The molecule has 1 atom stereocenters. The van der Waals surface area contributed by atoms with Gasteiger partial charge >= 0.3 is 0 Å². The first-order valence-electron chi connectivity index (χ1n) is 7.42. The maximum atomic E-state index is 6.11. The Morgan fingerprint density at radius 3 is 3.09 bits per heavy atom. The molecule has 1 aromatic rings. The van der Waals surface area contributed by atoms with Gasteiger partial charge in [-0.1, -0.05) is 18.5 Å². The molecule has 122 valence electrons. The number of nitrogens with one attached hydrogen (secondary N) is 2. The van der Waals surface area contributed by atoms with Gasteiger partial charge in [0, 0.05) is 32.8 Å². The minimum Gasteiger partial charge on any atom is -0.383 e. The average Bonchev–Trinajstić information content (AvgIpc) is 2.47. The highest BCUT2D eigenvalue weighted by molar-refractivity contribution is 7.80. The molecule has 0 radical (unpaired) electrons. The number of nitrogens with zero attached hydrogens (tertiary/aromatic N) is 3. The van der Waals surface area contributed by atoms with Crippen LogP contribution in [0.2, 0.25) is 5.15 Å². The van der Waals surface area contributed by atoms with Crippen LogP contribution in [0.1, 0.15) is 19.8 Å². The van der Waals surface area contributed by atoms with Gasteiger partial charge in [-0.2, -0.15) is 4.98 Å². The van der Waals surface area contributed by atoms with Crippen LogP contribution < -0.4 is 15.5 Å². The molecule has 2 heterocycles. The third-order valence-electron chi connectivity index (χ3n) is 3.48. The van der Waals surface area contributed by atoms with Crippen molar-refractivity contribution in [3.63, 3.8) is 0 Å². The van der Waals surface area contributed by atoms with Crippen LogP contribution in [0.15, 0.2) is 6.07 Å². The zero-order chi connectivity index (χ0) is 15.9. The zero-order valence-corrected chi connectivity index (χ0v) is 14.5. The Kier molecular flexibility index (Phi) is 6.60. The smallest absolute Gasteiger partial charge is 0.232 e. The van der Waals surface area contributed by atoms with Crippen molar-refractivity contribution in [1.82, 2.24) is 15.3 Å². The number of piperidine rings is 1. The SMILES string of the molecule is COCCNC(=S)Nc1nc(Cl)cc(N2CCC[C@@H](C)C2)n1. The number of aromatic nitrogens is 2. The molecular weight excluding hydrogens is 322 g/mol. The second-order valence-corrected chi connectivity index (χ2v) is 6.24. The number of ether oxygens (including phenoxy) is 1. The Hall–Kier alpha value is -1.18. The number of methoxy groups -OCH3 is 1. The fourth-order valence-electron chi connectivity index (χ4n) is 2.43. The van der Waals surface area contributed by atoms with E-state index in [0.29, 0.717) is 35.3 Å². The van der Waals surface area contributed by atoms with E-state index in [2.05, 4.69) is 32.4 Å². The summed E-state index contributed by atoms with van der Waals surface area (Å²) in [4.78, 5) is 10.9. The zero-order valence-electron chi connectivity index (χ0n) is 12.9. The number of anilines is 2. The van der Waals surface area contributed by atoms with Gasteiger partial charge in [0.25, 0.3) is 0 Å². The predicted molar refractivity (Wildman–Crippen MR) is 93.8 cm³/mol. The maximum absolute atomic E-state index is 6.11. The highest BCUT2D eigenvalue weighted by atomic mass is 35.5. The van der Waals surface area contributed by atoms with Crippen LogP contribution in [0.3, 0.4) is 0 Å². The molecule has 6 nitrogen and oxygen atoms in total. The lowest BCUT2D eigenvalue weighted by Crippen LogP contribution is -2.35. The highest BCUT2D eigenvalue weighted by Gasteiger charge is 2.19. The molecule has 0 amide bonds. The van der Waals surface area contributed by atoms with E-state index in [9.17, 15) is 0 Å². The third-order valence-corrected chi connectivity index (χ3v) is 3.92. The molecule has 8 heteroatoms. The van der Waals surface area contributed by atoms with Crippen LogP contribution in [0, 0.1) is 5.92 Å². The molecule has 2 rings (SSSR count). The van der Waals surface area contributed by atoms with E-state index in [1.165, 1.54) is 12.8 Å². The van der Waals surface area contributed by atoms with E-state index in [4.69, 9.17) is 28.6 Å². The quantitative estimate of drug-likeness (QED) is 0.483. The van der Waals surface area contributed by atoms with Crippen LogP contribution in [-0.4, -0.2) is 48.4 Å².